The largest absolute Gasteiger partial charge is 0.455 e. The molecular formula is C35H64O7. The maximum Gasteiger partial charge on any atom is 0.334 e. The molecule has 0 aromatic heterocycles. The van der Waals surface area contributed by atoms with E-state index in [0.29, 0.717) is 37.7 Å². The van der Waals surface area contributed by atoms with Crippen molar-refractivity contribution in [2.45, 2.75) is 204 Å². The van der Waals surface area contributed by atoms with Crippen LogP contribution in [0.5, 0.6) is 0 Å². The van der Waals surface area contributed by atoms with Crippen molar-refractivity contribution in [1.82, 2.24) is 0 Å². The Morgan fingerprint density at radius 1 is 0.738 bits per heavy atom. The van der Waals surface area contributed by atoms with E-state index in [9.17, 15) is 25.2 Å². The van der Waals surface area contributed by atoms with Gasteiger partial charge < -0.3 is 29.9 Å². The highest BCUT2D eigenvalue weighted by atomic mass is 16.5. The Morgan fingerprint density at radius 2 is 1.31 bits per heavy atom. The van der Waals surface area contributed by atoms with E-state index in [1.54, 1.807) is 6.08 Å². The fraction of sp³-hybridized carbons (Fsp3) is 0.914. The van der Waals surface area contributed by atoms with Crippen molar-refractivity contribution in [3.63, 3.8) is 0 Å². The van der Waals surface area contributed by atoms with E-state index >= 15 is 0 Å². The van der Waals surface area contributed by atoms with Crippen LogP contribution < -0.4 is 0 Å². The molecule has 2 rings (SSSR count). The Kier molecular flexibility index (Phi) is 19.9. The first-order chi connectivity index (χ1) is 20.3. The number of aliphatic hydroxyl groups excluding tert-OH is 4. The number of ether oxygens (including phenoxy) is 2. The summed E-state index contributed by atoms with van der Waals surface area (Å²) in [5, 5.41) is 41.6. The number of rotatable bonds is 26. The normalized spacial score (nSPS) is 23.5. The zero-order valence-corrected chi connectivity index (χ0v) is 26.9. The van der Waals surface area contributed by atoms with E-state index in [1.165, 1.54) is 51.4 Å². The Hall–Kier alpha value is -0.990. The lowest BCUT2D eigenvalue weighted by atomic mass is 9.97. The average Bonchev–Trinajstić information content (AvgIpc) is 3.57. The molecule has 0 aliphatic carbocycles. The van der Waals surface area contributed by atoms with Crippen molar-refractivity contribution in [2.75, 3.05) is 0 Å². The van der Waals surface area contributed by atoms with E-state index in [-0.39, 0.29) is 24.3 Å². The number of unbranched alkanes of at least 4 members (excludes halogenated alkanes) is 13. The fourth-order valence-corrected chi connectivity index (χ4v) is 6.40. The highest BCUT2D eigenvalue weighted by molar-refractivity contribution is 5.90. The Balaban J connectivity index is 1.42. The van der Waals surface area contributed by atoms with Gasteiger partial charge >= 0.3 is 5.97 Å². The molecule has 7 heteroatoms. The van der Waals surface area contributed by atoms with Crippen LogP contribution >= 0.6 is 0 Å². The molecule has 42 heavy (non-hydrogen) atoms. The monoisotopic (exact) mass is 596 g/mol. The molecule has 0 spiro atoms. The third-order valence-electron chi connectivity index (χ3n) is 9.14. The SMILES string of the molecule is CCCCCCCCCCCC[C@H](O)[C@@H](O)CC[C@H](O)[C@H]1CC[C@H](CCCCCCC[C@@H](O)CC2=C[C@H](C)OC2=O)O1. The van der Waals surface area contributed by atoms with Crippen molar-refractivity contribution in [3.05, 3.63) is 11.6 Å². The first-order valence-electron chi connectivity index (χ1n) is 17.6. The van der Waals surface area contributed by atoms with Gasteiger partial charge in [0.15, 0.2) is 0 Å². The van der Waals surface area contributed by atoms with Crippen molar-refractivity contribution in [1.29, 1.82) is 0 Å². The highest BCUT2D eigenvalue weighted by Gasteiger charge is 2.31. The summed E-state index contributed by atoms with van der Waals surface area (Å²) in [6.07, 6.45) is 22.4. The lowest BCUT2D eigenvalue weighted by Crippen LogP contribution is -2.31. The maximum atomic E-state index is 11.7. The molecule has 1 fully saturated rings. The first kappa shape index (κ1) is 37.2. The molecule has 0 unspecified atom stereocenters. The minimum atomic E-state index is -0.781. The molecule has 2 aliphatic rings. The molecule has 0 aromatic carbocycles. The molecular weight excluding hydrogens is 532 g/mol. The molecule has 7 nitrogen and oxygen atoms in total. The fourth-order valence-electron chi connectivity index (χ4n) is 6.40. The maximum absolute atomic E-state index is 11.7. The lowest BCUT2D eigenvalue weighted by molar-refractivity contribution is -0.139. The minimum absolute atomic E-state index is 0.168. The van der Waals surface area contributed by atoms with Crippen LogP contribution in [0.1, 0.15) is 162 Å². The predicted molar refractivity (Wildman–Crippen MR) is 168 cm³/mol. The second kappa shape index (κ2) is 22.5. The van der Waals surface area contributed by atoms with Gasteiger partial charge in [-0.3, -0.25) is 0 Å². The standard InChI is InChI=1S/C35H64O7/c1-3-4-5-6-7-8-9-10-14-17-20-31(37)32(38)22-23-33(39)34-24-21-30(42-34)19-16-13-11-12-15-18-29(36)26-28-25-27(2)41-35(28)40/h25,27,29-34,36-39H,3-24,26H2,1-2H3/t27-,29+,30-,31-,32-,33-,34+/m0/s1. The smallest absolute Gasteiger partial charge is 0.334 e. The highest BCUT2D eigenvalue weighted by Crippen LogP contribution is 2.28. The third-order valence-corrected chi connectivity index (χ3v) is 9.14. The molecule has 1 saturated heterocycles. The van der Waals surface area contributed by atoms with E-state index in [2.05, 4.69) is 6.92 Å². The van der Waals surface area contributed by atoms with Crippen LogP contribution in [0.3, 0.4) is 0 Å². The van der Waals surface area contributed by atoms with Gasteiger partial charge in [0.2, 0.25) is 0 Å². The van der Waals surface area contributed by atoms with Crippen molar-refractivity contribution < 1.29 is 34.7 Å². The summed E-state index contributed by atoms with van der Waals surface area (Å²) in [7, 11) is 0. The van der Waals surface area contributed by atoms with E-state index < -0.39 is 24.4 Å². The molecule has 2 aliphatic heterocycles. The van der Waals surface area contributed by atoms with Crippen LogP contribution in [0.2, 0.25) is 0 Å². The number of carbonyl (C=O) groups excluding carboxylic acids is 1. The lowest BCUT2D eigenvalue weighted by Gasteiger charge is -2.22. The van der Waals surface area contributed by atoms with Gasteiger partial charge in [0.25, 0.3) is 0 Å². The molecule has 2 heterocycles. The third kappa shape index (κ3) is 16.2. The van der Waals surface area contributed by atoms with Crippen LogP contribution in [-0.4, -0.2) is 69.1 Å². The number of hydrogen-bond acceptors (Lipinski definition) is 7. The van der Waals surface area contributed by atoms with Crippen LogP contribution in [-0.2, 0) is 14.3 Å². The van der Waals surface area contributed by atoms with Gasteiger partial charge in [0.05, 0.1) is 36.6 Å². The number of cyclic esters (lactones) is 1. The van der Waals surface area contributed by atoms with Crippen molar-refractivity contribution in [2.24, 2.45) is 0 Å². The summed E-state index contributed by atoms with van der Waals surface area (Å²) < 4.78 is 11.2. The molecule has 0 bridgehead atoms. The molecule has 0 aromatic rings. The summed E-state index contributed by atoms with van der Waals surface area (Å²) in [5.74, 6) is -0.295. The number of esters is 1. The van der Waals surface area contributed by atoms with E-state index in [4.69, 9.17) is 9.47 Å². The van der Waals surface area contributed by atoms with E-state index in [1.807, 2.05) is 6.92 Å². The minimum Gasteiger partial charge on any atom is -0.455 e. The predicted octanol–water partition coefficient (Wildman–Crippen LogP) is 7.06. The van der Waals surface area contributed by atoms with Crippen molar-refractivity contribution >= 4 is 5.97 Å². The zero-order valence-electron chi connectivity index (χ0n) is 26.9. The second-order valence-corrected chi connectivity index (χ2v) is 13.1. The molecule has 7 atom stereocenters. The van der Waals surface area contributed by atoms with Crippen LogP contribution in [0.4, 0.5) is 0 Å². The van der Waals surface area contributed by atoms with E-state index in [0.717, 1.165) is 64.2 Å². The zero-order chi connectivity index (χ0) is 30.6. The Labute approximate surface area is 256 Å². The van der Waals surface area contributed by atoms with Crippen LogP contribution in [0, 0.1) is 0 Å². The van der Waals surface area contributed by atoms with Gasteiger partial charge in [0.1, 0.15) is 6.10 Å². The summed E-state index contributed by atoms with van der Waals surface area (Å²) in [4.78, 5) is 11.7. The van der Waals surface area contributed by atoms with Gasteiger partial charge in [-0.15, -0.1) is 0 Å². The van der Waals surface area contributed by atoms with Gasteiger partial charge in [-0.05, 0) is 57.9 Å². The van der Waals surface area contributed by atoms with Gasteiger partial charge in [-0.25, -0.2) is 4.79 Å². The number of carbonyl (C=O) groups is 1. The summed E-state index contributed by atoms with van der Waals surface area (Å²) in [5.41, 5.74) is 0.600. The molecule has 0 radical (unpaired) electrons. The second-order valence-electron chi connectivity index (χ2n) is 13.1. The summed E-state index contributed by atoms with van der Waals surface area (Å²) >= 11 is 0. The van der Waals surface area contributed by atoms with Crippen LogP contribution in [0.25, 0.3) is 0 Å². The van der Waals surface area contributed by atoms with Gasteiger partial charge in [0, 0.05) is 12.0 Å². The quantitative estimate of drug-likeness (QED) is 0.0624. The molecule has 0 amide bonds. The van der Waals surface area contributed by atoms with Crippen molar-refractivity contribution in [3.8, 4) is 0 Å². The Bertz CT molecular complexity index is 726. The summed E-state index contributed by atoms with van der Waals surface area (Å²) in [6, 6.07) is 0. The molecule has 0 saturated carbocycles. The summed E-state index contributed by atoms with van der Waals surface area (Å²) in [6.45, 7) is 4.07. The van der Waals surface area contributed by atoms with Gasteiger partial charge in [-0.1, -0.05) is 103 Å². The first-order valence-corrected chi connectivity index (χ1v) is 17.6. The number of hydrogen-bond donors (Lipinski definition) is 4. The topological polar surface area (TPSA) is 116 Å². The molecule has 4 N–H and O–H groups in total. The van der Waals surface area contributed by atoms with Crippen LogP contribution in [0.15, 0.2) is 11.6 Å². The van der Waals surface area contributed by atoms with Gasteiger partial charge in [-0.2, -0.15) is 0 Å². The Morgan fingerprint density at radius 3 is 1.93 bits per heavy atom. The molecule has 246 valence electrons. The average molecular weight is 597 g/mol. The number of aliphatic hydroxyl groups is 4.